The van der Waals surface area contributed by atoms with E-state index >= 15 is 0 Å². The SMILES string of the molecule is CC.CCCCCN1CCC(N2CCC(N(C)CC)=C(C)C2)CC1. The van der Waals surface area contributed by atoms with Crippen molar-refractivity contribution in [2.75, 3.05) is 46.3 Å². The summed E-state index contributed by atoms with van der Waals surface area (Å²) in [6.07, 6.45) is 8.11. The molecule has 0 radical (unpaired) electrons. The van der Waals surface area contributed by atoms with Crippen LogP contribution in [0.5, 0.6) is 0 Å². The van der Waals surface area contributed by atoms with Crippen molar-refractivity contribution in [2.24, 2.45) is 0 Å². The lowest BCUT2D eigenvalue weighted by Gasteiger charge is -2.42. The highest BCUT2D eigenvalue weighted by Gasteiger charge is 2.27. The summed E-state index contributed by atoms with van der Waals surface area (Å²) in [7, 11) is 2.24. The summed E-state index contributed by atoms with van der Waals surface area (Å²) in [4.78, 5) is 7.88. The summed E-state index contributed by atoms with van der Waals surface area (Å²) in [5, 5.41) is 0. The van der Waals surface area contributed by atoms with Gasteiger partial charge < -0.3 is 9.80 Å². The molecule has 2 aliphatic heterocycles. The van der Waals surface area contributed by atoms with Gasteiger partial charge in [0.05, 0.1) is 0 Å². The first-order valence-electron chi connectivity index (χ1n) is 10.5. The molecule has 0 N–H and O–H groups in total. The Balaban J connectivity index is 0.00000139. The van der Waals surface area contributed by atoms with E-state index in [1.807, 2.05) is 13.8 Å². The fraction of sp³-hybridized carbons (Fsp3) is 0.905. The van der Waals surface area contributed by atoms with Gasteiger partial charge in [-0.2, -0.15) is 0 Å². The van der Waals surface area contributed by atoms with Crippen molar-refractivity contribution in [3.05, 3.63) is 11.3 Å². The molecule has 0 aromatic rings. The Morgan fingerprint density at radius 1 is 1.04 bits per heavy atom. The molecule has 2 aliphatic rings. The predicted molar refractivity (Wildman–Crippen MR) is 108 cm³/mol. The highest BCUT2D eigenvalue weighted by molar-refractivity contribution is 5.16. The average Bonchev–Trinajstić information content (AvgIpc) is 2.63. The molecule has 0 amide bonds. The molecule has 0 aliphatic carbocycles. The van der Waals surface area contributed by atoms with Crippen LogP contribution in [0, 0.1) is 0 Å². The third-order valence-corrected chi connectivity index (χ3v) is 5.66. The van der Waals surface area contributed by atoms with Crippen molar-refractivity contribution in [1.82, 2.24) is 14.7 Å². The van der Waals surface area contributed by atoms with Gasteiger partial charge in [-0.05, 0) is 58.3 Å². The number of hydrogen-bond acceptors (Lipinski definition) is 3. The van der Waals surface area contributed by atoms with Crippen molar-refractivity contribution < 1.29 is 0 Å². The number of nitrogens with zero attached hydrogens (tertiary/aromatic N) is 3. The lowest BCUT2D eigenvalue weighted by molar-refractivity contribution is 0.107. The van der Waals surface area contributed by atoms with Crippen LogP contribution in [-0.4, -0.2) is 67.1 Å². The predicted octanol–water partition coefficient (Wildman–Crippen LogP) is 4.60. The van der Waals surface area contributed by atoms with E-state index in [1.54, 1.807) is 11.3 Å². The highest BCUT2D eigenvalue weighted by Crippen LogP contribution is 2.25. The quantitative estimate of drug-likeness (QED) is 0.629. The minimum absolute atomic E-state index is 0.825. The molecule has 0 saturated carbocycles. The fourth-order valence-electron chi connectivity index (χ4n) is 4.05. The second-order valence-electron chi connectivity index (χ2n) is 7.24. The molecule has 3 nitrogen and oxygen atoms in total. The van der Waals surface area contributed by atoms with E-state index in [0.29, 0.717) is 0 Å². The second kappa shape index (κ2) is 11.9. The van der Waals surface area contributed by atoms with E-state index in [9.17, 15) is 0 Å². The summed E-state index contributed by atoms with van der Waals surface area (Å²) < 4.78 is 0. The van der Waals surface area contributed by atoms with E-state index < -0.39 is 0 Å². The molecule has 3 heteroatoms. The van der Waals surface area contributed by atoms with Crippen LogP contribution in [0.4, 0.5) is 0 Å². The Hall–Kier alpha value is -0.540. The average molecular weight is 338 g/mol. The molecule has 2 rings (SSSR count). The first-order valence-corrected chi connectivity index (χ1v) is 10.5. The van der Waals surface area contributed by atoms with Crippen molar-refractivity contribution >= 4 is 0 Å². The zero-order valence-corrected chi connectivity index (χ0v) is 17.4. The van der Waals surface area contributed by atoms with Gasteiger partial charge in [0.2, 0.25) is 0 Å². The lowest BCUT2D eigenvalue weighted by atomic mass is 9.98. The summed E-state index contributed by atoms with van der Waals surface area (Å²) in [5.74, 6) is 0. The van der Waals surface area contributed by atoms with Crippen LogP contribution in [0.3, 0.4) is 0 Å². The molecule has 0 unspecified atom stereocenters. The Labute approximate surface area is 152 Å². The van der Waals surface area contributed by atoms with Gasteiger partial charge in [0, 0.05) is 44.8 Å². The Morgan fingerprint density at radius 3 is 2.25 bits per heavy atom. The van der Waals surface area contributed by atoms with Crippen molar-refractivity contribution in [2.45, 2.75) is 79.2 Å². The normalized spacial score (nSPS) is 20.8. The van der Waals surface area contributed by atoms with Gasteiger partial charge in [-0.3, -0.25) is 4.90 Å². The molecule has 24 heavy (non-hydrogen) atoms. The third kappa shape index (κ3) is 6.40. The van der Waals surface area contributed by atoms with Crippen LogP contribution in [-0.2, 0) is 0 Å². The molecule has 0 aromatic heterocycles. The van der Waals surface area contributed by atoms with Gasteiger partial charge in [-0.15, -0.1) is 0 Å². The maximum atomic E-state index is 2.76. The van der Waals surface area contributed by atoms with E-state index in [-0.39, 0.29) is 0 Å². The molecule has 2 heterocycles. The van der Waals surface area contributed by atoms with Crippen molar-refractivity contribution in [3.63, 3.8) is 0 Å². The Bertz CT molecular complexity index is 356. The van der Waals surface area contributed by atoms with Gasteiger partial charge in [-0.1, -0.05) is 33.6 Å². The third-order valence-electron chi connectivity index (χ3n) is 5.66. The maximum Gasteiger partial charge on any atom is 0.0213 e. The molecule has 0 spiro atoms. The fourth-order valence-corrected chi connectivity index (χ4v) is 4.05. The van der Waals surface area contributed by atoms with Crippen molar-refractivity contribution in [1.29, 1.82) is 0 Å². The first kappa shape index (κ1) is 21.5. The number of hydrogen-bond donors (Lipinski definition) is 0. The smallest absolute Gasteiger partial charge is 0.0213 e. The highest BCUT2D eigenvalue weighted by atomic mass is 15.2. The van der Waals surface area contributed by atoms with Crippen LogP contribution in [0.1, 0.15) is 73.1 Å². The van der Waals surface area contributed by atoms with Crippen LogP contribution < -0.4 is 0 Å². The van der Waals surface area contributed by atoms with E-state index in [0.717, 1.165) is 12.6 Å². The first-order chi connectivity index (χ1) is 11.7. The molecule has 142 valence electrons. The maximum absolute atomic E-state index is 2.76. The van der Waals surface area contributed by atoms with Crippen LogP contribution in [0.15, 0.2) is 11.3 Å². The standard InChI is InChI=1S/C19H37N3.C2H6/c1-5-7-8-12-21-13-9-18(10-14-21)22-15-11-19(17(3)16-22)20(4)6-2;1-2/h18H,5-16H2,1-4H3;1-2H3. The van der Waals surface area contributed by atoms with Gasteiger partial charge in [0.1, 0.15) is 0 Å². The van der Waals surface area contributed by atoms with E-state index in [4.69, 9.17) is 0 Å². The number of piperidine rings is 1. The molecule has 0 atom stereocenters. The van der Waals surface area contributed by atoms with Crippen LogP contribution in [0.2, 0.25) is 0 Å². The van der Waals surface area contributed by atoms with Crippen molar-refractivity contribution in [3.8, 4) is 0 Å². The van der Waals surface area contributed by atoms with Gasteiger partial charge in [0.15, 0.2) is 0 Å². The molecule has 0 aromatic carbocycles. The Kier molecular flexibility index (Phi) is 10.7. The molecule has 1 saturated heterocycles. The summed E-state index contributed by atoms with van der Waals surface area (Å²) >= 11 is 0. The van der Waals surface area contributed by atoms with Gasteiger partial charge in [0.25, 0.3) is 0 Å². The molecular weight excluding hydrogens is 294 g/mol. The molecular formula is C21H43N3. The Morgan fingerprint density at radius 2 is 1.71 bits per heavy atom. The number of rotatable bonds is 7. The number of likely N-dealkylation sites (tertiary alicyclic amines) is 1. The summed E-state index contributed by atoms with van der Waals surface area (Å²) in [5.41, 5.74) is 3.19. The van der Waals surface area contributed by atoms with Crippen LogP contribution >= 0.6 is 0 Å². The lowest BCUT2D eigenvalue weighted by Crippen LogP contribution is -2.47. The van der Waals surface area contributed by atoms with Gasteiger partial charge in [-0.25, -0.2) is 0 Å². The summed E-state index contributed by atoms with van der Waals surface area (Å²) in [6, 6.07) is 0.825. The zero-order chi connectivity index (χ0) is 17.9. The zero-order valence-electron chi connectivity index (χ0n) is 17.4. The largest absolute Gasteiger partial charge is 0.378 e. The molecule has 1 fully saturated rings. The second-order valence-corrected chi connectivity index (χ2v) is 7.24. The van der Waals surface area contributed by atoms with E-state index in [2.05, 4.69) is 42.5 Å². The minimum atomic E-state index is 0.825. The minimum Gasteiger partial charge on any atom is -0.378 e. The van der Waals surface area contributed by atoms with Gasteiger partial charge >= 0.3 is 0 Å². The topological polar surface area (TPSA) is 9.72 Å². The molecule has 0 bridgehead atoms. The monoisotopic (exact) mass is 337 g/mol. The number of unbranched alkanes of at least 4 members (excludes halogenated alkanes) is 2. The van der Waals surface area contributed by atoms with Crippen LogP contribution in [0.25, 0.3) is 0 Å². The summed E-state index contributed by atoms with van der Waals surface area (Å²) in [6.45, 7) is 18.4. The van der Waals surface area contributed by atoms with E-state index in [1.165, 1.54) is 71.2 Å².